The molecule has 0 saturated carbocycles. The Kier molecular flexibility index (Phi) is 7.33. The van der Waals surface area contributed by atoms with Crippen LogP contribution in [0.2, 0.25) is 0 Å². The second-order valence-corrected chi connectivity index (χ2v) is 6.66. The highest BCUT2D eigenvalue weighted by Gasteiger charge is 2.84. The highest BCUT2D eigenvalue weighted by molar-refractivity contribution is 5.99. The van der Waals surface area contributed by atoms with Crippen LogP contribution in [0, 0.1) is 0 Å². The SMILES string of the molecule is COc1ccc(NC(=O)C(F)(F)C(F)(F)C(F)(F)C(F)(F)C(=O)Nc2ccc(OC)cc2)cc1. The fraction of sp³-hybridized carbons (Fsp3) is 0.300. The van der Waals surface area contributed by atoms with Crippen molar-refractivity contribution in [3.05, 3.63) is 48.5 Å². The van der Waals surface area contributed by atoms with Crippen LogP contribution in [0.25, 0.3) is 0 Å². The number of hydrogen-bond acceptors (Lipinski definition) is 4. The number of methoxy groups -OCH3 is 2. The Labute approximate surface area is 186 Å². The fourth-order valence-electron chi connectivity index (χ4n) is 2.45. The van der Waals surface area contributed by atoms with Crippen molar-refractivity contribution in [2.75, 3.05) is 24.9 Å². The standard InChI is InChI=1S/C20H16F8N2O4/c1-33-13-7-3-11(4-8-13)29-15(31)17(21,22)19(25,26)20(27,28)18(23,24)16(32)30-12-5-9-14(34-2)10-6-12/h3-10H,1-2H3,(H,29,31)(H,30,32). The van der Waals surface area contributed by atoms with E-state index in [4.69, 9.17) is 9.47 Å². The molecule has 6 nitrogen and oxygen atoms in total. The summed E-state index contributed by atoms with van der Waals surface area (Å²) < 4.78 is 122. The van der Waals surface area contributed by atoms with Crippen molar-refractivity contribution < 1.29 is 54.2 Å². The maximum Gasteiger partial charge on any atom is 0.393 e. The molecule has 0 unspecified atom stereocenters. The molecule has 2 amide bonds. The van der Waals surface area contributed by atoms with Crippen LogP contribution < -0.4 is 20.1 Å². The molecule has 2 N–H and O–H groups in total. The third-order valence-electron chi connectivity index (χ3n) is 4.45. The van der Waals surface area contributed by atoms with E-state index in [2.05, 4.69) is 0 Å². The van der Waals surface area contributed by atoms with Gasteiger partial charge in [0.05, 0.1) is 14.2 Å². The number of nitrogens with one attached hydrogen (secondary N) is 2. The van der Waals surface area contributed by atoms with Gasteiger partial charge in [0.25, 0.3) is 0 Å². The van der Waals surface area contributed by atoms with Crippen molar-refractivity contribution in [1.82, 2.24) is 0 Å². The summed E-state index contributed by atoms with van der Waals surface area (Å²) in [5.41, 5.74) is -1.10. The number of carbonyl (C=O) groups is 2. The van der Waals surface area contributed by atoms with Crippen LogP contribution in [-0.4, -0.2) is 49.7 Å². The molecule has 0 spiro atoms. The largest absolute Gasteiger partial charge is 0.497 e. The monoisotopic (exact) mass is 500 g/mol. The predicted molar refractivity (Wildman–Crippen MR) is 103 cm³/mol. The van der Waals surface area contributed by atoms with Gasteiger partial charge in [-0.25, -0.2) is 0 Å². The number of halogens is 8. The first-order valence-electron chi connectivity index (χ1n) is 9.04. The van der Waals surface area contributed by atoms with Crippen LogP contribution in [0.3, 0.4) is 0 Å². The van der Waals surface area contributed by atoms with Gasteiger partial charge in [-0.1, -0.05) is 0 Å². The van der Waals surface area contributed by atoms with Crippen LogP contribution in [0.15, 0.2) is 48.5 Å². The summed E-state index contributed by atoms with van der Waals surface area (Å²) in [4.78, 5) is 23.3. The predicted octanol–water partition coefficient (Wildman–Crippen LogP) is 4.82. The molecule has 0 saturated heterocycles. The Bertz CT molecular complexity index is 944. The first-order chi connectivity index (χ1) is 15.6. The Balaban J connectivity index is 2.28. The number of rotatable bonds is 9. The first kappa shape index (κ1) is 26.7. The third-order valence-corrected chi connectivity index (χ3v) is 4.45. The van der Waals surface area contributed by atoms with Crippen LogP contribution in [-0.2, 0) is 9.59 Å². The zero-order chi connectivity index (χ0) is 25.9. The molecule has 186 valence electrons. The summed E-state index contributed by atoms with van der Waals surface area (Å²) in [6.45, 7) is 0. The van der Waals surface area contributed by atoms with E-state index >= 15 is 0 Å². The highest BCUT2D eigenvalue weighted by Crippen LogP contribution is 2.53. The average Bonchev–Trinajstić information content (AvgIpc) is 2.79. The molecule has 0 aromatic heterocycles. The summed E-state index contributed by atoms with van der Waals surface area (Å²) >= 11 is 0. The Morgan fingerprint density at radius 1 is 0.588 bits per heavy atom. The molecule has 0 bridgehead atoms. The normalized spacial score (nSPS) is 12.6. The van der Waals surface area contributed by atoms with E-state index in [0.717, 1.165) is 48.5 Å². The number of hydrogen-bond donors (Lipinski definition) is 2. The zero-order valence-corrected chi connectivity index (χ0v) is 17.3. The molecule has 2 rings (SSSR count). The van der Waals surface area contributed by atoms with Gasteiger partial charge in [0.1, 0.15) is 11.5 Å². The lowest BCUT2D eigenvalue weighted by Gasteiger charge is -2.35. The molecule has 0 heterocycles. The lowest BCUT2D eigenvalue weighted by Crippen LogP contribution is -2.67. The van der Waals surface area contributed by atoms with Crippen molar-refractivity contribution in [2.24, 2.45) is 0 Å². The first-order valence-corrected chi connectivity index (χ1v) is 9.04. The van der Waals surface area contributed by atoms with Crippen LogP contribution in [0.1, 0.15) is 0 Å². The van der Waals surface area contributed by atoms with E-state index in [9.17, 15) is 44.7 Å². The van der Waals surface area contributed by atoms with E-state index in [1.807, 2.05) is 0 Å². The lowest BCUT2D eigenvalue weighted by molar-refractivity contribution is -0.345. The molecule has 34 heavy (non-hydrogen) atoms. The molecule has 14 heteroatoms. The Hall–Kier alpha value is -3.58. The zero-order valence-electron chi connectivity index (χ0n) is 17.3. The van der Waals surface area contributed by atoms with Crippen molar-refractivity contribution in [2.45, 2.75) is 23.7 Å². The molecular weight excluding hydrogens is 484 g/mol. The summed E-state index contributed by atoms with van der Waals surface area (Å²) in [5.74, 6) is -32.4. The highest BCUT2D eigenvalue weighted by atomic mass is 19.4. The van der Waals surface area contributed by atoms with E-state index < -0.39 is 46.9 Å². The van der Waals surface area contributed by atoms with Gasteiger partial charge in [0.15, 0.2) is 0 Å². The summed E-state index contributed by atoms with van der Waals surface area (Å²) in [6, 6.07) is 8.05. The number of ether oxygens (including phenoxy) is 2. The number of alkyl halides is 8. The van der Waals surface area contributed by atoms with E-state index in [1.165, 1.54) is 24.9 Å². The van der Waals surface area contributed by atoms with E-state index in [0.29, 0.717) is 0 Å². The van der Waals surface area contributed by atoms with Gasteiger partial charge in [-0.2, -0.15) is 35.1 Å². The Morgan fingerprint density at radius 2 is 0.853 bits per heavy atom. The summed E-state index contributed by atoms with van der Waals surface area (Å²) in [7, 11) is 2.46. The average molecular weight is 500 g/mol. The van der Waals surface area contributed by atoms with Gasteiger partial charge in [-0.15, -0.1) is 0 Å². The second-order valence-electron chi connectivity index (χ2n) is 6.66. The minimum absolute atomic E-state index is 0.170. The van der Waals surface area contributed by atoms with Crippen LogP contribution >= 0.6 is 0 Å². The molecule has 0 radical (unpaired) electrons. The smallest absolute Gasteiger partial charge is 0.393 e. The van der Waals surface area contributed by atoms with Crippen molar-refractivity contribution >= 4 is 23.2 Å². The molecule has 2 aromatic rings. The van der Waals surface area contributed by atoms with Gasteiger partial charge in [-0.05, 0) is 48.5 Å². The maximum atomic E-state index is 14.1. The summed E-state index contributed by atoms with van der Waals surface area (Å²) in [6.07, 6.45) is 0. The number of amides is 2. The van der Waals surface area contributed by atoms with Gasteiger partial charge in [0, 0.05) is 11.4 Å². The van der Waals surface area contributed by atoms with Crippen molar-refractivity contribution in [3.8, 4) is 11.5 Å². The molecule has 0 aliphatic carbocycles. The molecular formula is C20H16F8N2O4. The molecule has 2 aromatic carbocycles. The lowest BCUT2D eigenvalue weighted by atomic mass is 9.97. The van der Waals surface area contributed by atoms with E-state index in [-0.39, 0.29) is 11.5 Å². The quantitative estimate of drug-likeness (QED) is 0.484. The van der Waals surface area contributed by atoms with Gasteiger partial charge in [-0.3, -0.25) is 9.59 Å². The van der Waals surface area contributed by atoms with Crippen LogP contribution in [0.5, 0.6) is 11.5 Å². The minimum Gasteiger partial charge on any atom is -0.497 e. The number of anilines is 2. The minimum atomic E-state index is -6.99. The van der Waals surface area contributed by atoms with Crippen LogP contribution in [0.4, 0.5) is 46.5 Å². The maximum absolute atomic E-state index is 14.1. The van der Waals surface area contributed by atoms with Crippen molar-refractivity contribution in [3.63, 3.8) is 0 Å². The molecule has 0 aliphatic rings. The van der Waals surface area contributed by atoms with Gasteiger partial charge in [0.2, 0.25) is 0 Å². The van der Waals surface area contributed by atoms with Crippen molar-refractivity contribution in [1.29, 1.82) is 0 Å². The summed E-state index contributed by atoms with van der Waals surface area (Å²) in [5, 5.41) is 2.46. The van der Waals surface area contributed by atoms with Gasteiger partial charge < -0.3 is 20.1 Å². The third kappa shape index (κ3) is 4.70. The second kappa shape index (κ2) is 9.35. The topological polar surface area (TPSA) is 76.7 Å². The van der Waals surface area contributed by atoms with Gasteiger partial charge >= 0.3 is 35.5 Å². The molecule has 0 atom stereocenters. The fourth-order valence-corrected chi connectivity index (χ4v) is 2.45. The number of carbonyl (C=O) groups excluding carboxylic acids is 2. The number of benzene rings is 2. The Morgan fingerprint density at radius 3 is 1.09 bits per heavy atom. The van der Waals surface area contributed by atoms with E-state index in [1.54, 1.807) is 0 Å². The molecule has 0 aliphatic heterocycles. The molecule has 0 fully saturated rings.